The van der Waals surface area contributed by atoms with Crippen LogP contribution in [0.15, 0.2) is 66.7 Å². The zero-order chi connectivity index (χ0) is 23.7. The number of hydrogen-bond acceptors (Lipinski definition) is 4. The minimum Gasteiger partial charge on any atom is -0.454 e. The average Bonchev–Trinajstić information content (AvgIpc) is 3.44. The quantitative estimate of drug-likeness (QED) is 0.418. The Labute approximate surface area is 199 Å². The minimum atomic E-state index is 0.0128. The number of rotatable bonds is 7. The van der Waals surface area contributed by atoms with Crippen molar-refractivity contribution >= 4 is 22.5 Å². The van der Waals surface area contributed by atoms with Crippen LogP contribution >= 0.6 is 0 Å². The molecule has 1 aromatic heterocycles. The van der Waals surface area contributed by atoms with E-state index < -0.39 is 0 Å². The molecule has 0 spiro atoms. The molecule has 2 heterocycles. The normalized spacial score (nSPS) is 12.2. The summed E-state index contributed by atoms with van der Waals surface area (Å²) < 4.78 is 11.0. The lowest BCUT2D eigenvalue weighted by Crippen LogP contribution is -2.32. The fourth-order valence-electron chi connectivity index (χ4n) is 4.52. The standard InChI is InChI=1S/C28H29N3O3/c1-19-23(24-9-4-5-10-25(24)29-19)13-14-31(17-20-11-12-26-27(15-20)34-18-33-26)28(32)21-7-6-8-22(16-21)30(2)3/h4-12,15-16,29H,13-14,17-18H2,1-3H3. The number of para-hydroxylation sites is 1. The highest BCUT2D eigenvalue weighted by atomic mass is 16.7. The summed E-state index contributed by atoms with van der Waals surface area (Å²) in [5, 5.41) is 1.21. The summed E-state index contributed by atoms with van der Waals surface area (Å²) in [7, 11) is 3.96. The molecule has 0 saturated heterocycles. The molecule has 0 radical (unpaired) electrons. The Bertz CT molecular complexity index is 1340. The van der Waals surface area contributed by atoms with Gasteiger partial charge in [-0.2, -0.15) is 0 Å². The molecule has 0 fully saturated rings. The molecule has 34 heavy (non-hydrogen) atoms. The van der Waals surface area contributed by atoms with E-state index in [-0.39, 0.29) is 12.7 Å². The maximum Gasteiger partial charge on any atom is 0.254 e. The maximum absolute atomic E-state index is 13.7. The zero-order valence-corrected chi connectivity index (χ0v) is 19.8. The number of ether oxygens (including phenoxy) is 2. The minimum absolute atomic E-state index is 0.0128. The smallest absolute Gasteiger partial charge is 0.254 e. The van der Waals surface area contributed by atoms with Gasteiger partial charge in [-0.3, -0.25) is 4.79 Å². The molecule has 0 bridgehead atoms. The molecule has 1 amide bonds. The van der Waals surface area contributed by atoms with E-state index in [1.165, 1.54) is 10.9 Å². The van der Waals surface area contributed by atoms with E-state index in [4.69, 9.17) is 9.47 Å². The van der Waals surface area contributed by atoms with E-state index >= 15 is 0 Å². The van der Waals surface area contributed by atoms with Crippen LogP contribution in [0.2, 0.25) is 0 Å². The lowest BCUT2D eigenvalue weighted by Gasteiger charge is -2.24. The Morgan fingerprint density at radius 3 is 2.65 bits per heavy atom. The van der Waals surface area contributed by atoms with Crippen LogP contribution in [0.4, 0.5) is 5.69 Å². The van der Waals surface area contributed by atoms with Crippen molar-refractivity contribution in [3.05, 3.63) is 89.1 Å². The summed E-state index contributed by atoms with van der Waals surface area (Å²) in [5.74, 6) is 1.49. The molecule has 0 aliphatic carbocycles. The third-order valence-corrected chi connectivity index (χ3v) is 6.37. The van der Waals surface area contributed by atoms with Crippen LogP contribution in [0.1, 0.15) is 27.2 Å². The molecule has 1 aliphatic heterocycles. The average molecular weight is 456 g/mol. The molecule has 0 saturated carbocycles. The van der Waals surface area contributed by atoms with Gasteiger partial charge in [-0.1, -0.05) is 30.3 Å². The Balaban J connectivity index is 1.44. The van der Waals surface area contributed by atoms with Crippen molar-refractivity contribution in [2.75, 3.05) is 32.3 Å². The van der Waals surface area contributed by atoms with Crippen molar-refractivity contribution in [3.8, 4) is 11.5 Å². The number of aromatic amines is 1. The molecule has 1 N–H and O–H groups in total. The molecular formula is C28H29N3O3. The molecule has 0 unspecified atom stereocenters. The Morgan fingerprint density at radius 1 is 0.971 bits per heavy atom. The van der Waals surface area contributed by atoms with Crippen LogP contribution in [0.25, 0.3) is 10.9 Å². The molecule has 174 valence electrons. The predicted octanol–water partition coefficient (Wildman–Crippen LogP) is 5.16. The Morgan fingerprint density at radius 2 is 1.79 bits per heavy atom. The third-order valence-electron chi connectivity index (χ3n) is 6.37. The maximum atomic E-state index is 13.7. The van der Waals surface area contributed by atoms with E-state index in [9.17, 15) is 4.79 Å². The van der Waals surface area contributed by atoms with Gasteiger partial charge in [0.05, 0.1) is 0 Å². The number of fused-ring (bicyclic) bond motifs is 2. The number of H-pyrrole nitrogens is 1. The van der Waals surface area contributed by atoms with Gasteiger partial charge in [0, 0.05) is 55.0 Å². The summed E-state index contributed by atoms with van der Waals surface area (Å²) in [5.41, 5.74) is 6.22. The van der Waals surface area contributed by atoms with Gasteiger partial charge in [0.15, 0.2) is 11.5 Å². The molecule has 0 atom stereocenters. The first-order valence-corrected chi connectivity index (χ1v) is 11.5. The highest BCUT2D eigenvalue weighted by molar-refractivity contribution is 5.95. The summed E-state index contributed by atoms with van der Waals surface area (Å²) in [6.45, 7) is 3.42. The number of carbonyl (C=O) groups excluding carboxylic acids is 1. The van der Waals surface area contributed by atoms with Crippen LogP contribution in [-0.2, 0) is 13.0 Å². The highest BCUT2D eigenvalue weighted by Crippen LogP contribution is 2.33. The largest absolute Gasteiger partial charge is 0.454 e. The Hall–Kier alpha value is -3.93. The number of hydrogen-bond donors (Lipinski definition) is 1. The van der Waals surface area contributed by atoms with Crippen LogP contribution in [0.5, 0.6) is 11.5 Å². The zero-order valence-electron chi connectivity index (χ0n) is 19.8. The van der Waals surface area contributed by atoms with Crippen LogP contribution in [-0.4, -0.2) is 43.2 Å². The molecule has 5 rings (SSSR count). The number of aromatic nitrogens is 1. The van der Waals surface area contributed by atoms with Crippen molar-refractivity contribution in [3.63, 3.8) is 0 Å². The fraction of sp³-hybridized carbons (Fsp3) is 0.250. The van der Waals surface area contributed by atoms with Gasteiger partial charge in [0.2, 0.25) is 6.79 Å². The number of nitrogens with one attached hydrogen (secondary N) is 1. The van der Waals surface area contributed by atoms with Gasteiger partial charge in [-0.25, -0.2) is 0 Å². The van der Waals surface area contributed by atoms with E-state index in [0.717, 1.165) is 40.4 Å². The lowest BCUT2D eigenvalue weighted by atomic mass is 10.1. The highest BCUT2D eigenvalue weighted by Gasteiger charge is 2.20. The molecule has 6 nitrogen and oxygen atoms in total. The second-order valence-corrected chi connectivity index (χ2v) is 8.88. The number of benzene rings is 3. The van der Waals surface area contributed by atoms with Crippen LogP contribution in [0.3, 0.4) is 0 Å². The molecule has 1 aliphatic rings. The SMILES string of the molecule is Cc1[nH]c2ccccc2c1CCN(Cc1ccc2c(c1)OCO2)C(=O)c1cccc(N(C)C)c1. The van der Waals surface area contributed by atoms with Crippen molar-refractivity contribution in [2.45, 2.75) is 19.9 Å². The van der Waals surface area contributed by atoms with Crippen LogP contribution < -0.4 is 14.4 Å². The van der Waals surface area contributed by atoms with E-state index in [1.54, 1.807) is 0 Å². The molecule has 6 heteroatoms. The lowest BCUT2D eigenvalue weighted by molar-refractivity contribution is 0.0745. The summed E-state index contributed by atoms with van der Waals surface area (Å²) in [6.07, 6.45) is 0.763. The fourth-order valence-corrected chi connectivity index (χ4v) is 4.52. The first kappa shape index (κ1) is 21.9. The van der Waals surface area contributed by atoms with Crippen LogP contribution in [0, 0.1) is 6.92 Å². The van der Waals surface area contributed by atoms with Crippen molar-refractivity contribution < 1.29 is 14.3 Å². The van der Waals surface area contributed by atoms with Gasteiger partial charge in [-0.05, 0) is 60.9 Å². The van der Waals surface area contributed by atoms with E-state index in [1.807, 2.05) is 72.4 Å². The number of anilines is 1. The molecule has 4 aromatic rings. The van der Waals surface area contributed by atoms with Gasteiger partial charge in [-0.15, -0.1) is 0 Å². The first-order valence-electron chi connectivity index (χ1n) is 11.5. The van der Waals surface area contributed by atoms with Crippen molar-refractivity contribution in [1.29, 1.82) is 0 Å². The second kappa shape index (κ2) is 9.14. The summed E-state index contributed by atoms with van der Waals surface area (Å²) in [4.78, 5) is 21.1. The van der Waals surface area contributed by atoms with Crippen molar-refractivity contribution in [1.82, 2.24) is 9.88 Å². The summed E-state index contributed by atoms with van der Waals surface area (Å²) in [6, 6.07) is 22.0. The van der Waals surface area contributed by atoms with Gasteiger partial charge in [0.25, 0.3) is 5.91 Å². The number of carbonyl (C=O) groups is 1. The first-order chi connectivity index (χ1) is 16.5. The van der Waals surface area contributed by atoms with Crippen molar-refractivity contribution in [2.24, 2.45) is 0 Å². The molecular weight excluding hydrogens is 426 g/mol. The van der Waals surface area contributed by atoms with Gasteiger partial charge < -0.3 is 24.3 Å². The topological polar surface area (TPSA) is 57.8 Å². The number of aryl methyl sites for hydroxylation is 1. The second-order valence-electron chi connectivity index (χ2n) is 8.88. The monoisotopic (exact) mass is 455 g/mol. The Kier molecular flexibility index (Phi) is 5.88. The van der Waals surface area contributed by atoms with E-state index in [2.05, 4.69) is 30.1 Å². The van der Waals surface area contributed by atoms with Gasteiger partial charge in [0.1, 0.15) is 0 Å². The number of nitrogens with zero attached hydrogens (tertiary/aromatic N) is 2. The predicted molar refractivity (Wildman–Crippen MR) is 135 cm³/mol. The van der Waals surface area contributed by atoms with Gasteiger partial charge >= 0.3 is 0 Å². The molecule has 3 aromatic carbocycles. The third kappa shape index (κ3) is 4.31. The van der Waals surface area contributed by atoms with E-state index in [0.29, 0.717) is 18.7 Å². The number of amides is 1. The summed E-state index contributed by atoms with van der Waals surface area (Å²) >= 11 is 0.